The molecule has 0 fully saturated rings. The van der Waals surface area contributed by atoms with E-state index in [0.29, 0.717) is 5.56 Å². The maximum atomic E-state index is 13.9. The molecule has 3 aromatic carbocycles. The number of hydrogen-bond donors (Lipinski definition) is 1. The van der Waals surface area contributed by atoms with E-state index < -0.39 is 22.9 Å². The van der Waals surface area contributed by atoms with Gasteiger partial charge in [-0.3, -0.25) is 4.79 Å². The number of nitriles is 1. The fraction of sp³-hybridized carbons (Fsp3) is 0.133. The second kappa shape index (κ2) is 9.14. The van der Waals surface area contributed by atoms with Crippen LogP contribution in [-0.2, 0) is 12.7 Å². The summed E-state index contributed by atoms with van der Waals surface area (Å²) in [5.74, 6) is 0. The molecule has 0 aliphatic carbocycles. The van der Waals surface area contributed by atoms with E-state index >= 15 is 0 Å². The molecule has 0 bridgehead atoms. The van der Waals surface area contributed by atoms with Gasteiger partial charge in [0.05, 0.1) is 17.8 Å². The molecule has 0 spiro atoms. The summed E-state index contributed by atoms with van der Waals surface area (Å²) in [6, 6.07) is 23.1. The third kappa shape index (κ3) is 4.54. The van der Waals surface area contributed by atoms with Crippen molar-refractivity contribution in [3.8, 4) is 28.5 Å². The SMILES string of the molecule is Cc1ccc(Cn2c(-c3ccc(-c4ccc5cc[nH]c5c4)cc3)cc(C(F)(F)F)c(C#N)c2=O)c(C)c1. The first kappa shape index (κ1) is 24.1. The number of halogens is 3. The molecule has 5 aromatic rings. The van der Waals surface area contributed by atoms with Crippen molar-refractivity contribution in [2.45, 2.75) is 26.6 Å². The van der Waals surface area contributed by atoms with Gasteiger partial charge in [0.2, 0.25) is 0 Å². The highest BCUT2D eigenvalue weighted by atomic mass is 19.4. The maximum Gasteiger partial charge on any atom is 0.417 e. The molecule has 2 aromatic heterocycles. The van der Waals surface area contributed by atoms with Crippen molar-refractivity contribution in [3.63, 3.8) is 0 Å². The molecule has 0 saturated carbocycles. The van der Waals surface area contributed by atoms with Crippen LogP contribution < -0.4 is 5.56 Å². The van der Waals surface area contributed by atoms with Gasteiger partial charge >= 0.3 is 6.18 Å². The smallest absolute Gasteiger partial charge is 0.361 e. The van der Waals surface area contributed by atoms with Crippen molar-refractivity contribution in [1.29, 1.82) is 5.26 Å². The van der Waals surface area contributed by atoms with E-state index in [-0.39, 0.29) is 12.2 Å². The molecule has 0 aliphatic heterocycles. The number of nitrogens with one attached hydrogen (secondary N) is 1. The van der Waals surface area contributed by atoms with Crippen LogP contribution in [0.25, 0.3) is 33.3 Å². The van der Waals surface area contributed by atoms with Crippen molar-refractivity contribution in [3.05, 3.63) is 117 Å². The Bertz CT molecular complexity index is 1740. The van der Waals surface area contributed by atoms with Gasteiger partial charge in [0.1, 0.15) is 11.6 Å². The second-order valence-electron chi connectivity index (χ2n) is 9.11. The fourth-order valence-corrected chi connectivity index (χ4v) is 4.63. The van der Waals surface area contributed by atoms with E-state index in [0.717, 1.165) is 44.8 Å². The summed E-state index contributed by atoms with van der Waals surface area (Å²) in [7, 11) is 0. The molecule has 1 N–H and O–H groups in total. The van der Waals surface area contributed by atoms with Crippen LogP contribution in [0.5, 0.6) is 0 Å². The minimum atomic E-state index is -4.84. The lowest BCUT2D eigenvalue weighted by molar-refractivity contribution is -0.137. The second-order valence-corrected chi connectivity index (χ2v) is 9.11. The summed E-state index contributed by atoms with van der Waals surface area (Å²) in [5.41, 5.74) is 2.98. The average Bonchev–Trinajstić information content (AvgIpc) is 3.34. The van der Waals surface area contributed by atoms with Gasteiger partial charge in [-0.05, 0) is 65.3 Å². The molecule has 37 heavy (non-hydrogen) atoms. The van der Waals surface area contributed by atoms with Gasteiger partial charge in [-0.25, -0.2) is 0 Å². The van der Waals surface area contributed by atoms with E-state index in [2.05, 4.69) is 4.98 Å². The molecule has 2 heterocycles. The highest BCUT2D eigenvalue weighted by molar-refractivity contribution is 5.85. The van der Waals surface area contributed by atoms with Crippen LogP contribution in [0, 0.1) is 25.2 Å². The molecule has 5 rings (SSSR count). The summed E-state index contributed by atoms with van der Waals surface area (Å²) in [4.78, 5) is 16.4. The number of pyridine rings is 1. The summed E-state index contributed by atoms with van der Waals surface area (Å²) in [6.45, 7) is 3.87. The van der Waals surface area contributed by atoms with Gasteiger partial charge < -0.3 is 9.55 Å². The quantitative estimate of drug-likeness (QED) is 0.285. The van der Waals surface area contributed by atoms with Gasteiger partial charge in [-0.1, -0.05) is 60.2 Å². The standard InChI is InChI=1S/C30H22F3N3O/c1-18-3-4-24(19(2)13-18)17-36-28(15-26(30(31,32)33)25(16-34)29(36)37)22-8-5-20(6-9-22)23-10-7-21-11-12-35-27(21)14-23/h3-15,35H,17H2,1-2H3. The first-order valence-electron chi connectivity index (χ1n) is 11.6. The van der Waals surface area contributed by atoms with Crippen LogP contribution in [0.2, 0.25) is 0 Å². The third-order valence-electron chi connectivity index (χ3n) is 6.61. The van der Waals surface area contributed by atoms with Crippen molar-refractivity contribution in [2.75, 3.05) is 0 Å². The zero-order valence-corrected chi connectivity index (χ0v) is 20.1. The number of rotatable bonds is 4. The maximum absolute atomic E-state index is 13.9. The Labute approximate surface area is 211 Å². The number of H-pyrrole nitrogens is 1. The molecule has 7 heteroatoms. The molecule has 4 nitrogen and oxygen atoms in total. The van der Waals surface area contributed by atoms with Crippen molar-refractivity contribution < 1.29 is 13.2 Å². The highest BCUT2D eigenvalue weighted by Gasteiger charge is 2.36. The normalized spacial score (nSPS) is 11.6. The largest absolute Gasteiger partial charge is 0.417 e. The molecule has 184 valence electrons. The van der Waals surface area contributed by atoms with Gasteiger partial charge in [-0.15, -0.1) is 0 Å². The zero-order valence-electron chi connectivity index (χ0n) is 20.1. The van der Waals surface area contributed by atoms with Crippen molar-refractivity contribution in [1.82, 2.24) is 9.55 Å². The molecule has 0 saturated heterocycles. The van der Waals surface area contributed by atoms with Crippen LogP contribution in [0.15, 0.2) is 83.8 Å². The number of aromatic amines is 1. The predicted octanol–water partition coefficient (Wildman–Crippen LogP) is 7.22. The van der Waals surface area contributed by atoms with E-state index in [1.165, 1.54) is 10.6 Å². The summed E-state index contributed by atoms with van der Waals surface area (Å²) >= 11 is 0. The molecular formula is C30H22F3N3O. The predicted molar refractivity (Wildman–Crippen MR) is 138 cm³/mol. The van der Waals surface area contributed by atoms with Crippen LogP contribution >= 0.6 is 0 Å². The molecule has 0 unspecified atom stereocenters. The van der Waals surface area contributed by atoms with E-state index in [4.69, 9.17) is 0 Å². The third-order valence-corrected chi connectivity index (χ3v) is 6.61. The summed E-state index contributed by atoms with van der Waals surface area (Å²) in [5, 5.41) is 10.5. The van der Waals surface area contributed by atoms with E-state index in [9.17, 15) is 23.2 Å². The minimum absolute atomic E-state index is 0.0400. The molecule has 0 radical (unpaired) electrons. The van der Waals surface area contributed by atoms with Gasteiger partial charge in [0, 0.05) is 11.7 Å². The van der Waals surface area contributed by atoms with E-state index in [1.807, 2.05) is 74.6 Å². The summed E-state index contributed by atoms with van der Waals surface area (Å²) < 4.78 is 42.8. The Kier molecular flexibility index (Phi) is 5.96. The fourth-order valence-electron chi connectivity index (χ4n) is 4.63. The van der Waals surface area contributed by atoms with Crippen molar-refractivity contribution >= 4 is 10.9 Å². The first-order chi connectivity index (χ1) is 17.7. The van der Waals surface area contributed by atoms with Crippen LogP contribution in [0.1, 0.15) is 27.8 Å². The van der Waals surface area contributed by atoms with E-state index in [1.54, 1.807) is 12.1 Å². The van der Waals surface area contributed by atoms with Crippen LogP contribution in [0.3, 0.4) is 0 Å². The van der Waals surface area contributed by atoms with Crippen LogP contribution in [0.4, 0.5) is 13.2 Å². The minimum Gasteiger partial charge on any atom is -0.361 e. The number of alkyl halides is 3. The zero-order chi connectivity index (χ0) is 26.3. The number of fused-ring (bicyclic) bond motifs is 1. The van der Waals surface area contributed by atoms with Crippen LogP contribution in [-0.4, -0.2) is 9.55 Å². The lowest BCUT2D eigenvalue weighted by Crippen LogP contribution is -2.29. The molecule has 0 aliphatic rings. The topological polar surface area (TPSA) is 61.6 Å². The Morgan fingerprint density at radius 3 is 2.27 bits per heavy atom. The Morgan fingerprint density at radius 1 is 0.892 bits per heavy atom. The number of benzene rings is 3. The number of aromatic nitrogens is 2. The lowest BCUT2D eigenvalue weighted by Gasteiger charge is -2.19. The highest BCUT2D eigenvalue weighted by Crippen LogP contribution is 2.34. The Morgan fingerprint density at radius 2 is 1.59 bits per heavy atom. The Balaban J connectivity index is 1.66. The average molecular weight is 498 g/mol. The lowest BCUT2D eigenvalue weighted by atomic mass is 9.99. The number of hydrogen-bond acceptors (Lipinski definition) is 2. The van der Waals surface area contributed by atoms with Gasteiger partial charge in [-0.2, -0.15) is 18.4 Å². The van der Waals surface area contributed by atoms with Gasteiger partial charge in [0.25, 0.3) is 5.56 Å². The Hall–Kier alpha value is -4.57. The monoisotopic (exact) mass is 497 g/mol. The van der Waals surface area contributed by atoms with Crippen molar-refractivity contribution in [2.24, 2.45) is 0 Å². The molecule has 0 amide bonds. The van der Waals surface area contributed by atoms with Gasteiger partial charge in [0.15, 0.2) is 0 Å². The number of aryl methyl sites for hydroxylation is 2. The number of nitrogens with zero attached hydrogens (tertiary/aromatic N) is 2. The first-order valence-corrected chi connectivity index (χ1v) is 11.6. The molecular weight excluding hydrogens is 475 g/mol. The summed E-state index contributed by atoms with van der Waals surface area (Å²) in [6.07, 6.45) is -2.99. The molecule has 0 atom stereocenters.